The van der Waals surface area contributed by atoms with E-state index in [4.69, 9.17) is 4.74 Å². The van der Waals surface area contributed by atoms with Gasteiger partial charge in [-0.2, -0.15) is 9.78 Å². The van der Waals surface area contributed by atoms with Crippen molar-refractivity contribution in [1.29, 1.82) is 0 Å². The number of ether oxygens (including phenoxy) is 1. The third-order valence-electron chi connectivity index (χ3n) is 4.73. The monoisotopic (exact) mass is 341 g/mol. The van der Waals surface area contributed by atoms with Gasteiger partial charge in [-0.1, -0.05) is 0 Å². The first-order chi connectivity index (χ1) is 12.1. The van der Waals surface area contributed by atoms with Crippen molar-refractivity contribution in [3.05, 3.63) is 35.7 Å². The maximum Gasteiger partial charge on any atom is 0.320 e. The van der Waals surface area contributed by atoms with Crippen LogP contribution < -0.4 is 10.6 Å². The molecule has 2 atom stereocenters. The van der Waals surface area contributed by atoms with Gasteiger partial charge in [-0.15, -0.1) is 0 Å². The molecule has 0 bridgehead atoms. The number of carbonyl (C=O) groups is 1. The van der Waals surface area contributed by atoms with E-state index in [-0.39, 0.29) is 18.2 Å². The van der Waals surface area contributed by atoms with Crippen LogP contribution in [0.5, 0.6) is 0 Å². The molecule has 0 spiro atoms. The van der Waals surface area contributed by atoms with Crippen molar-refractivity contribution in [2.75, 3.05) is 11.9 Å². The topological polar surface area (TPSA) is 81.1 Å². The van der Waals surface area contributed by atoms with E-state index in [0.717, 1.165) is 24.3 Å². The number of urea groups is 1. The molecule has 2 N–H and O–H groups in total. The molecule has 2 aromatic rings. The van der Waals surface area contributed by atoms with Crippen LogP contribution in [0, 0.1) is 19.8 Å². The highest BCUT2D eigenvalue weighted by Gasteiger charge is 2.41. The van der Waals surface area contributed by atoms with E-state index in [9.17, 15) is 4.79 Å². The number of carbonyl (C=O) groups excluding carboxylic acids is 1. The third-order valence-corrected chi connectivity index (χ3v) is 4.73. The number of hydrogen-bond acceptors (Lipinski definition) is 4. The summed E-state index contributed by atoms with van der Waals surface area (Å²) in [6, 6.07) is 5.56. The molecule has 132 valence electrons. The molecule has 2 aromatic heterocycles. The summed E-state index contributed by atoms with van der Waals surface area (Å²) in [5.41, 5.74) is 1.91. The highest BCUT2D eigenvalue weighted by atomic mass is 16.5. The van der Waals surface area contributed by atoms with Crippen molar-refractivity contribution in [1.82, 2.24) is 20.1 Å². The number of rotatable bonds is 4. The lowest BCUT2D eigenvalue weighted by Gasteiger charge is -2.19. The number of hydrogen-bond donors (Lipinski definition) is 2. The lowest BCUT2D eigenvalue weighted by atomic mass is 10.1. The van der Waals surface area contributed by atoms with Crippen molar-refractivity contribution >= 4 is 11.8 Å². The Labute approximate surface area is 146 Å². The van der Waals surface area contributed by atoms with Crippen LogP contribution in [0.25, 0.3) is 5.82 Å². The smallest absolute Gasteiger partial charge is 0.320 e. The summed E-state index contributed by atoms with van der Waals surface area (Å²) < 4.78 is 7.44. The molecule has 3 heterocycles. The van der Waals surface area contributed by atoms with Gasteiger partial charge in [0.15, 0.2) is 5.82 Å². The average molecular weight is 341 g/mol. The van der Waals surface area contributed by atoms with Crippen LogP contribution in [0.4, 0.5) is 10.6 Å². The number of nitrogens with zero attached hydrogens (tertiary/aromatic N) is 3. The summed E-state index contributed by atoms with van der Waals surface area (Å²) in [6.45, 7) is 4.61. The van der Waals surface area contributed by atoms with E-state index >= 15 is 0 Å². The molecule has 7 heteroatoms. The van der Waals surface area contributed by atoms with Crippen molar-refractivity contribution < 1.29 is 9.53 Å². The zero-order chi connectivity index (χ0) is 17.4. The Balaban J connectivity index is 1.48. The van der Waals surface area contributed by atoms with Crippen LogP contribution in [0.3, 0.4) is 0 Å². The Morgan fingerprint density at radius 3 is 2.88 bits per heavy atom. The quantitative estimate of drug-likeness (QED) is 0.895. The summed E-state index contributed by atoms with van der Waals surface area (Å²) in [7, 11) is 0. The van der Waals surface area contributed by atoms with Crippen LogP contribution in [0.15, 0.2) is 24.4 Å². The number of amides is 2. The maximum atomic E-state index is 12.5. The van der Waals surface area contributed by atoms with E-state index in [1.165, 1.54) is 12.8 Å². The molecule has 2 fully saturated rings. The molecule has 1 saturated heterocycles. The third kappa shape index (κ3) is 3.51. The van der Waals surface area contributed by atoms with E-state index in [0.29, 0.717) is 17.6 Å². The van der Waals surface area contributed by atoms with E-state index in [1.807, 2.05) is 32.0 Å². The second-order valence-electron chi connectivity index (χ2n) is 6.94. The number of aryl methyl sites for hydroxylation is 2. The van der Waals surface area contributed by atoms with Crippen molar-refractivity contribution in [2.45, 2.75) is 45.3 Å². The fraction of sp³-hybridized carbons (Fsp3) is 0.500. The van der Waals surface area contributed by atoms with Gasteiger partial charge in [0.2, 0.25) is 0 Å². The number of aromatic nitrogens is 3. The van der Waals surface area contributed by atoms with Gasteiger partial charge >= 0.3 is 6.03 Å². The van der Waals surface area contributed by atoms with Crippen LogP contribution in [-0.4, -0.2) is 39.5 Å². The maximum absolute atomic E-state index is 12.5. The summed E-state index contributed by atoms with van der Waals surface area (Å²) in [5, 5.41) is 10.4. The molecule has 25 heavy (non-hydrogen) atoms. The Morgan fingerprint density at radius 2 is 2.12 bits per heavy atom. The average Bonchev–Trinajstić information content (AvgIpc) is 3.21. The van der Waals surface area contributed by atoms with Crippen LogP contribution in [0.2, 0.25) is 0 Å². The summed E-state index contributed by atoms with van der Waals surface area (Å²) in [4.78, 5) is 16.8. The van der Waals surface area contributed by atoms with Gasteiger partial charge in [0.05, 0.1) is 17.8 Å². The van der Waals surface area contributed by atoms with Crippen LogP contribution >= 0.6 is 0 Å². The first-order valence-electron chi connectivity index (χ1n) is 8.79. The molecule has 1 aliphatic heterocycles. The summed E-state index contributed by atoms with van der Waals surface area (Å²) in [5.74, 6) is 1.90. The Kier molecular flexibility index (Phi) is 4.17. The Hall–Kier alpha value is -2.41. The van der Waals surface area contributed by atoms with Gasteiger partial charge in [0, 0.05) is 18.9 Å². The highest BCUT2D eigenvalue weighted by Crippen LogP contribution is 2.38. The van der Waals surface area contributed by atoms with Crippen molar-refractivity contribution in [3.8, 4) is 5.82 Å². The first kappa shape index (κ1) is 16.1. The second kappa shape index (κ2) is 6.48. The van der Waals surface area contributed by atoms with Gasteiger partial charge in [0.1, 0.15) is 5.82 Å². The van der Waals surface area contributed by atoms with Gasteiger partial charge < -0.3 is 10.1 Å². The predicted octanol–water partition coefficient (Wildman–Crippen LogP) is 2.57. The van der Waals surface area contributed by atoms with Crippen LogP contribution in [-0.2, 0) is 4.74 Å². The number of nitrogens with one attached hydrogen (secondary N) is 2. The number of anilines is 1. The largest absolute Gasteiger partial charge is 0.376 e. The van der Waals surface area contributed by atoms with Crippen LogP contribution in [0.1, 0.15) is 30.5 Å². The van der Waals surface area contributed by atoms with Gasteiger partial charge in [-0.25, -0.2) is 9.78 Å². The number of pyridine rings is 1. The standard InChI is InChI=1S/C18H23N5O2/c1-11-5-7-19-15(9-11)23-16(10-12(2)22-23)21-18(24)20-14-6-8-25-17(14)13-3-4-13/h5,7,9-10,13-14,17H,3-4,6,8H2,1-2H3,(H2,20,21,24)/t14-,17-/m0/s1. The molecular weight excluding hydrogens is 318 g/mol. The molecule has 0 unspecified atom stereocenters. The fourth-order valence-electron chi connectivity index (χ4n) is 3.38. The molecular formula is C18H23N5O2. The fourth-order valence-corrected chi connectivity index (χ4v) is 3.38. The van der Waals surface area contributed by atoms with E-state index in [2.05, 4.69) is 20.7 Å². The van der Waals surface area contributed by atoms with Gasteiger partial charge in [0.25, 0.3) is 0 Å². The predicted molar refractivity (Wildman–Crippen MR) is 93.9 cm³/mol. The molecule has 0 aromatic carbocycles. The summed E-state index contributed by atoms with van der Waals surface area (Å²) >= 11 is 0. The Morgan fingerprint density at radius 1 is 1.28 bits per heavy atom. The zero-order valence-electron chi connectivity index (χ0n) is 14.5. The minimum Gasteiger partial charge on any atom is -0.376 e. The second-order valence-corrected chi connectivity index (χ2v) is 6.94. The lowest BCUT2D eigenvalue weighted by molar-refractivity contribution is 0.0829. The molecule has 1 saturated carbocycles. The normalized spacial score (nSPS) is 22.8. The molecule has 2 amide bonds. The zero-order valence-corrected chi connectivity index (χ0v) is 14.5. The molecule has 0 radical (unpaired) electrons. The van der Waals surface area contributed by atoms with Gasteiger partial charge in [-0.05, 0) is 56.7 Å². The molecule has 4 rings (SSSR count). The molecule has 1 aliphatic carbocycles. The summed E-state index contributed by atoms with van der Waals surface area (Å²) in [6.07, 6.45) is 5.18. The SMILES string of the molecule is Cc1ccnc(-n2nc(C)cc2NC(=O)N[C@H]2CCO[C@H]2C2CC2)c1. The highest BCUT2D eigenvalue weighted by molar-refractivity contribution is 5.89. The van der Waals surface area contributed by atoms with Crippen molar-refractivity contribution in [3.63, 3.8) is 0 Å². The molecule has 2 aliphatic rings. The Bertz CT molecular complexity index is 784. The molecule has 7 nitrogen and oxygen atoms in total. The first-order valence-corrected chi connectivity index (χ1v) is 8.79. The lowest BCUT2D eigenvalue weighted by Crippen LogP contribution is -2.43. The van der Waals surface area contributed by atoms with Crippen molar-refractivity contribution in [2.24, 2.45) is 5.92 Å². The minimum absolute atomic E-state index is 0.0852. The van der Waals surface area contributed by atoms with Gasteiger partial charge in [-0.3, -0.25) is 5.32 Å². The van der Waals surface area contributed by atoms with E-state index in [1.54, 1.807) is 10.9 Å². The minimum atomic E-state index is -0.227. The van der Waals surface area contributed by atoms with E-state index < -0.39 is 0 Å².